The van der Waals surface area contributed by atoms with Gasteiger partial charge in [0.15, 0.2) is 0 Å². The second-order valence-corrected chi connectivity index (χ2v) is 4.56. The molecule has 0 amide bonds. The van der Waals surface area contributed by atoms with Gasteiger partial charge in [0.25, 0.3) is 0 Å². The van der Waals surface area contributed by atoms with Crippen LogP contribution in [0.25, 0.3) is 0 Å². The highest BCUT2D eigenvalue weighted by atomic mass is 32.2. The molecule has 0 spiro atoms. The van der Waals surface area contributed by atoms with Crippen LogP contribution < -0.4 is 5.32 Å². The lowest BCUT2D eigenvalue weighted by Crippen LogP contribution is -2.44. The van der Waals surface area contributed by atoms with Gasteiger partial charge in [0.1, 0.15) is 6.04 Å². The zero-order valence-electron chi connectivity index (χ0n) is 8.91. The van der Waals surface area contributed by atoms with Crippen LogP contribution in [0.15, 0.2) is 0 Å². The van der Waals surface area contributed by atoms with E-state index < -0.39 is 0 Å². The molecule has 2 atom stereocenters. The zero-order chi connectivity index (χ0) is 10.4. The van der Waals surface area contributed by atoms with Crippen LogP contribution in [0.5, 0.6) is 0 Å². The Kier molecular flexibility index (Phi) is 5.33. The van der Waals surface area contributed by atoms with Gasteiger partial charge in [-0.15, -0.1) is 0 Å². The third-order valence-electron chi connectivity index (χ3n) is 2.40. The fraction of sp³-hybridized carbons (Fsp3) is 0.900. The molecule has 1 saturated heterocycles. The summed E-state index contributed by atoms with van der Waals surface area (Å²) in [5.41, 5.74) is 0. The summed E-state index contributed by atoms with van der Waals surface area (Å²) in [4.78, 5) is 11.6. The van der Waals surface area contributed by atoms with Crippen molar-refractivity contribution in [1.82, 2.24) is 5.32 Å². The lowest BCUT2D eigenvalue weighted by atomic mass is 9.99. The van der Waals surface area contributed by atoms with E-state index in [1.54, 1.807) is 0 Å². The minimum absolute atomic E-state index is 0.0816. The van der Waals surface area contributed by atoms with Crippen molar-refractivity contribution in [3.05, 3.63) is 0 Å². The molecule has 0 radical (unpaired) electrons. The largest absolute Gasteiger partial charge is 0.465 e. The molecule has 14 heavy (non-hydrogen) atoms. The maximum absolute atomic E-state index is 11.6. The predicted octanol–water partition coefficient (Wildman–Crippen LogP) is 1.28. The minimum atomic E-state index is -0.0880. The van der Waals surface area contributed by atoms with Crippen molar-refractivity contribution >= 4 is 17.7 Å². The Morgan fingerprint density at radius 3 is 2.93 bits per heavy atom. The van der Waals surface area contributed by atoms with E-state index in [-0.39, 0.29) is 12.0 Å². The number of rotatable bonds is 5. The van der Waals surface area contributed by atoms with Crippen LogP contribution in [0.4, 0.5) is 0 Å². The molecule has 4 heteroatoms. The fourth-order valence-electron chi connectivity index (χ4n) is 1.71. The van der Waals surface area contributed by atoms with Gasteiger partial charge in [0.05, 0.1) is 6.61 Å². The first-order valence-corrected chi connectivity index (χ1v) is 6.42. The number of hydrogen-bond acceptors (Lipinski definition) is 4. The van der Waals surface area contributed by atoms with E-state index in [2.05, 4.69) is 5.32 Å². The van der Waals surface area contributed by atoms with E-state index in [0.29, 0.717) is 12.5 Å². The summed E-state index contributed by atoms with van der Waals surface area (Å²) >= 11 is 1.92. The normalized spacial score (nSPS) is 23.4. The summed E-state index contributed by atoms with van der Waals surface area (Å²) in [6.45, 7) is 5.17. The zero-order valence-corrected chi connectivity index (χ0v) is 9.73. The van der Waals surface area contributed by atoms with Crippen LogP contribution in [0.3, 0.4) is 0 Å². The van der Waals surface area contributed by atoms with E-state index in [1.807, 2.05) is 25.6 Å². The van der Waals surface area contributed by atoms with Crippen molar-refractivity contribution in [3.63, 3.8) is 0 Å². The molecule has 0 saturated carbocycles. The predicted molar refractivity (Wildman–Crippen MR) is 59.5 cm³/mol. The molecule has 0 aliphatic carbocycles. The molecule has 1 rings (SSSR count). The topological polar surface area (TPSA) is 38.3 Å². The van der Waals surface area contributed by atoms with Gasteiger partial charge in [-0.1, -0.05) is 6.92 Å². The summed E-state index contributed by atoms with van der Waals surface area (Å²) in [6, 6.07) is -0.0880. The Bertz CT molecular complexity index is 181. The van der Waals surface area contributed by atoms with Gasteiger partial charge >= 0.3 is 5.97 Å². The number of carbonyl (C=O) groups is 1. The van der Waals surface area contributed by atoms with E-state index >= 15 is 0 Å². The summed E-state index contributed by atoms with van der Waals surface area (Å²) < 4.78 is 5.06. The maximum atomic E-state index is 11.6. The third-order valence-corrected chi connectivity index (χ3v) is 3.59. The van der Waals surface area contributed by atoms with Gasteiger partial charge < -0.3 is 10.1 Å². The Hall–Kier alpha value is -0.220. The molecule has 0 bridgehead atoms. The lowest BCUT2D eigenvalue weighted by Gasteiger charge is -2.21. The Morgan fingerprint density at radius 1 is 1.64 bits per heavy atom. The molecule has 1 fully saturated rings. The van der Waals surface area contributed by atoms with E-state index in [0.717, 1.165) is 18.7 Å². The Morgan fingerprint density at radius 2 is 2.43 bits per heavy atom. The van der Waals surface area contributed by atoms with Crippen LogP contribution in [-0.4, -0.2) is 36.7 Å². The van der Waals surface area contributed by atoms with Crippen LogP contribution >= 0.6 is 11.8 Å². The number of hydrogen-bond donors (Lipinski definition) is 1. The van der Waals surface area contributed by atoms with Crippen molar-refractivity contribution < 1.29 is 9.53 Å². The maximum Gasteiger partial charge on any atom is 0.323 e. The monoisotopic (exact) mass is 217 g/mol. The second-order valence-electron chi connectivity index (χ2n) is 3.41. The van der Waals surface area contributed by atoms with Gasteiger partial charge in [-0.2, -0.15) is 11.8 Å². The van der Waals surface area contributed by atoms with E-state index in [4.69, 9.17) is 4.74 Å². The molecule has 1 aliphatic heterocycles. The molecule has 0 aromatic rings. The summed E-state index contributed by atoms with van der Waals surface area (Å²) in [5.74, 6) is 2.63. The highest BCUT2D eigenvalue weighted by Gasteiger charge is 2.31. The van der Waals surface area contributed by atoms with E-state index in [1.165, 1.54) is 5.75 Å². The Labute approximate surface area is 90.0 Å². The first-order valence-electron chi connectivity index (χ1n) is 5.27. The average Bonchev–Trinajstić information content (AvgIpc) is 2.67. The highest BCUT2D eigenvalue weighted by molar-refractivity contribution is 7.99. The van der Waals surface area contributed by atoms with Crippen LogP contribution in [-0.2, 0) is 9.53 Å². The first-order chi connectivity index (χ1) is 6.79. The molecular formula is C10H19NO2S. The number of likely N-dealkylation sites (N-methyl/N-ethyl adjacent to an activating group) is 1. The molecule has 3 nitrogen and oxygen atoms in total. The summed E-state index contributed by atoms with van der Waals surface area (Å²) in [6.07, 6.45) is 1.13. The summed E-state index contributed by atoms with van der Waals surface area (Å²) in [7, 11) is 0. The fourth-order valence-corrected chi connectivity index (χ4v) is 3.01. The number of ether oxygens (including phenoxy) is 1. The van der Waals surface area contributed by atoms with Crippen LogP contribution in [0, 0.1) is 5.92 Å². The van der Waals surface area contributed by atoms with Crippen molar-refractivity contribution in [2.45, 2.75) is 26.3 Å². The molecule has 0 aromatic heterocycles. The molecule has 0 aromatic carbocycles. The molecular weight excluding hydrogens is 198 g/mol. The van der Waals surface area contributed by atoms with Gasteiger partial charge in [0, 0.05) is 0 Å². The second kappa shape index (κ2) is 6.30. The van der Waals surface area contributed by atoms with Crippen molar-refractivity contribution in [2.75, 3.05) is 24.7 Å². The number of carbonyl (C=O) groups excluding carboxylic acids is 1. The van der Waals surface area contributed by atoms with Gasteiger partial charge in [-0.25, -0.2) is 0 Å². The Balaban J connectivity index is 2.48. The lowest BCUT2D eigenvalue weighted by molar-refractivity contribution is -0.146. The van der Waals surface area contributed by atoms with Gasteiger partial charge in [-0.05, 0) is 37.3 Å². The molecule has 2 unspecified atom stereocenters. The number of thioether (sulfide) groups is 1. The van der Waals surface area contributed by atoms with Gasteiger partial charge in [-0.3, -0.25) is 4.79 Å². The molecule has 1 heterocycles. The highest BCUT2D eigenvalue weighted by Crippen LogP contribution is 2.26. The van der Waals surface area contributed by atoms with Crippen molar-refractivity contribution in [2.24, 2.45) is 5.92 Å². The molecule has 82 valence electrons. The standard InChI is InChI=1S/C10H19NO2S/c1-3-11-9(10(12)13-4-2)8-5-6-14-7-8/h8-9,11H,3-7H2,1-2H3. The minimum Gasteiger partial charge on any atom is -0.465 e. The van der Waals surface area contributed by atoms with Gasteiger partial charge in [0.2, 0.25) is 0 Å². The molecule has 1 N–H and O–H groups in total. The average molecular weight is 217 g/mol. The SMILES string of the molecule is CCNC(C(=O)OCC)C1CCSC1. The third kappa shape index (κ3) is 3.17. The quantitative estimate of drug-likeness (QED) is 0.704. The van der Waals surface area contributed by atoms with Crippen molar-refractivity contribution in [3.8, 4) is 0 Å². The molecule has 1 aliphatic rings. The van der Waals surface area contributed by atoms with Crippen molar-refractivity contribution in [1.29, 1.82) is 0 Å². The number of nitrogens with one attached hydrogen (secondary N) is 1. The van der Waals surface area contributed by atoms with E-state index in [9.17, 15) is 4.79 Å². The van der Waals surface area contributed by atoms with Crippen LogP contribution in [0.1, 0.15) is 20.3 Å². The smallest absolute Gasteiger partial charge is 0.323 e. The summed E-state index contributed by atoms with van der Waals surface area (Å²) in [5, 5.41) is 3.22. The number of esters is 1. The first kappa shape index (κ1) is 11.9. The van der Waals surface area contributed by atoms with Crippen LogP contribution in [0.2, 0.25) is 0 Å².